The van der Waals surface area contributed by atoms with Crippen LogP contribution in [0.3, 0.4) is 0 Å². The van der Waals surface area contributed by atoms with Gasteiger partial charge in [-0.15, -0.1) is 12.4 Å². The maximum absolute atomic E-state index is 12.3. The van der Waals surface area contributed by atoms with E-state index in [1.807, 2.05) is 27.0 Å². The van der Waals surface area contributed by atoms with Crippen molar-refractivity contribution in [2.75, 3.05) is 25.0 Å². The number of likely N-dealkylation sites (N-methyl/N-ethyl adjacent to an activating group) is 1. The first-order chi connectivity index (χ1) is 10.0. The molecule has 0 saturated carbocycles. The van der Waals surface area contributed by atoms with Gasteiger partial charge in [0.2, 0.25) is 5.91 Å². The summed E-state index contributed by atoms with van der Waals surface area (Å²) in [5.41, 5.74) is 8.43. The summed E-state index contributed by atoms with van der Waals surface area (Å²) in [6.45, 7) is 6.80. The summed E-state index contributed by atoms with van der Waals surface area (Å²) in [6.07, 6.45) is 2.50. The van der Waals surface area contributed by atoms with E-state index in [4.69, 9.17) is 5.73 Å². The van der Waals surface area contributed by atoms with Crippen LogP contribution >= 0.6 is 12.4 Å². The number of hydrogen-bond donors (Lipinski definition) is 1. The summed E-state index contributed by atoms with van der Waals surface area (Å²) >= 11 is 0. The Kier molecular flexibility index (Phi) is 7.17. The summed E-state index contributed by atoms with van der Waals surface area (Å²) in [6, 6.07) is 7.95. The summed E-state index contributed by atoms with van der Waals surface area (Å²) in [5.74, 6) is 0.176. The molecule has 0 radical (unpaired) electrons. The van der Waals surface area contributed by atoms with Gasteiger partial charge in [-0.1, -0.05) is 32.0 Å². The number of carbonyl (C=O) groups is 1. The molecule has 1 atom stereocenters. The smallest absolute Gasteiger partial charge is 0.239 e. The first-order valence-corrected chi connectivity index (χ1v) is 7.84. The van der Waals surface area contributed by atoms with Crippen LogP contribution in [0.25, 0.3) is 0 Å². The van der Waals surface area contributed by atoms with Crippen molar-refractivity contribution in [1.82, 2.24) is 4.90 Å². The van der Waals surface area contributed by atoms with Gasteiger partial charge < -0.3 is 15.5 Å². The van der Waals surface area contributed by atoms with Gasteiger partial charge in [-0.05, 0) is 30.4 Å². The number of benzene rings is 1. The van der Waals surface area contributed by atoms with Crippen molar-refractivity contribution in [3.8, 4) is 0 Å². The molecule has 2 N–H and O–H groups in total. The van der Waals surface area contributed by atoms with Crippen LogP contribution in [0, 0.1) is 5.92 Å². The SMILES string of the molecule is CC(C)[C@H](N)C(=O)N(C)Cc1ccccc1N1CCCC1.Cl. The van der Waals surface area contributed by atoms with E-state index in [0.717, 1.165) is 13.1 Å². The summed E-state index contributed by atoms with van der Waals surface area (Å²) in [7, 11) is 1.84. The number of rotatable bonds is 5. The van der Waals surface area contributed by atoms with Gasteiger partial charge in [0.15, 0.2) is 0 Å². The van der Waals surface area contributed by atoms with Crippen molar-refractivity contribution in [2.45, 2.75) is 39.3 Å². The number of amides is 1. The van der Waals surface area contributed by atoms with Crippen molar-refractivity contribution in [3.63, 3.8) is 0 Å². The topological polar surface area (TPSA) is 49.6 Å². The van der Waals surface area contributed by atoms with Crippen LogP contribution in [0.15, 0.2) is 24.3 Å². The van der Waals surface area contributed by atoms with E-state index < -0.39 is 6.04 Å². The zero-order chi connectivity index (χ0) is 15.4. The minimum Gasteiger partial charge on any atom is -0.371 e. The van der Waals surface area contributed by atoms with Crippen molar-refractivity contribution in [3.05, 3.63) is 29.8 Å². The summed E-state index contributed by atoms with van der Waals surface area (Å²) < 4.78 is 0. The van der Waals surface area contributed by atoms with Gasteiger partial charge in [0.05, 0.1) is 6.04 Å². The molecule has 0 unspecified atom stereocenters. The van der Waals surface area contributed by atoms with Gasteiger partial charge in [0, 0.05) is 32.4 Å². The molecule has 4 nitrogen and oxygen atoms in total. The zero-order valence-electron chi connectivity index (χ0n) is 13.8. The van der Waals surface area contributed by atoms with E-state index in [-0.39, 0.29) is 24.2 Å². The Balaban J connectivity index is 0.00000242. The Morgan fingerprint density at radius 1 is 1.27 bits per heavy atom. The minimum atomic E-state index is -0.422. The number of anilines is 1. The molecule has 0 bridgehead atoms. The molecule has 1 fully saturated rings. The van der Waals surface area contributed by atoms with Crippen LogP contribution in [0.2, 0.25) is 0 Å². The molecule has 1 saturated heterocycles. The molecule has 0 aliphatic carbocycles. The van der Waals surface area contributed by atoms with Crippen molar-refractivity contribution in [1.29, 1.82) is 0 Å². The Hall–Kier alpha value is -1.26. The van der Waals surface area contributed by atoms with Crippen LogP contribution in [0.1, 0.15) is 32.3 Å². The second kappa shape index (κ2) is 8.39. The standard InChI is InChI=1S/C17H27N3O.ClH/c1-13(2)16(18)17(21)19(3)12-14-8-4-5-9-15(14)20-10-6-7-11-20;/h4-5,8-9,13,16H,6-7,10-12,18H2,1-3H3;1H/t16-;/m0./s1. The lowest BCUT2D eigenvalue weighted by Crippen LogP contribution is -2.44. The van der Waals surface area contributed by atoms with E-state index in [9.17, 15) is 4.79 Å². The van der Waals surface area contributed by atoms with E-state index in [1.54, 1.807) is 4.90 Å². The average Bonchev–Trinajstić information content (AvgIpc) is 3.00. The predicted molar refractivity (Wildman–Crippen MR) is 94.4 cm³/mol. The zero-order valence-corrected chi connectivity index (χ0v) is 14.6. The van der Waals surface area contributed by atoms with E-state index >= 15 is 0 Å². The van der Waals surface area contributed by atoms with Crippen LogP contribution in [0.5, 0.6) is 0 Å². The number of hydrogen-bond acceptors (Lipinski definition) is 3. The lowest BCUT2D eigenvalue weighted by molar-refractivity contribution is -0.132. The Morgan fingerprint density at radius 3 is 2.45 bits per heavy atom. The first-order valence-electron chi connectivity index (χ1n) is 7.84. The normalized spacial score (nSPS) is 15.6. The minimum absolute atomic E-state index is 0. The molecule has 22 heavy (non-hydrogen) atoms. The molecule has 5 heteroatoms. The summed E-state index contributed by atoms with van der Waals surface area (Å²) in [4.78, 5) is 16.5. The highest BCUT2D eigenvalue weighted by Gasteiger charge is 2.22. The van der Waals surface area contributed by atoms with Gasteiger partial charge >= 0.3 is 0 Å². The fourth-order valence-corrected chi connectivity index (χ4v) is 2.78. The van der Waals surface area contributed by atoms with Crippen molar-refractivity contribution >= 4 is 24.0 Å². The molecule has 2 rings (SSSR count). The maximum Gasteiger partial charge on any atom is 0.239 e. The number of nitrogens with two attached hydrogens (primary N) is 1. The third-order valence-corrected chi connectivity index (χ3v) is 4.23. The van der Waals surface area contributed by atoms with E-state index in [1.165, 1.54) is 24.1 Å². The number of carbonyl (C=O) groups excluding carboxylic acids is 1. The highest BCUT2D eigenvalue weighted by molar-refractivity contribution is 5.85. The van der Waals surface area contributed by atoms with E-state index in [2.05, 4.69) is 23.1 Å². The third-order valence-electron chi connectivity index (χ3n) is 4.23. The fraction of sp³-hybridized carbons (Fsp3) is 0.588. The van der Waals surface area contributed by atoms with Gasteiger partial charge in [0.25, 0.3) is 0 Å². The average molecular weight is 326 g/mol. The highest BCUT2D eigenvalue weighted by Crippen LogP contribution is 2.25. The number of halogens is 1. The summed E-state index contributed by atoms with van der Waals surface area (Å²) in [5, 5.41) is 0. The molecule has 1 aliphatic heterocycles. The lowest BCUT2D eigenvalue weighted by Gasteiger charge is -2.27. The lowest BCUT2D eigenvalue weighted by atomic mass is 10.0. The van der Waals surface area contributed by atoms with Crippen LogP contribution in [-0.2, 0) is 11.3 Å². The largest absolute Gasteiger partial charge is 0.371 e. The van der Waals surface area contributed by atoms with Crippen molar-refractivity contribution in [2.24, 2.45) is 11.7 Å². The monoisotopic (exact) mass is 325 g/mol. The molecule has 0 aromatic heterocycles. The molecule has 1 amide bonds. The van der Waals surface area contributed by atoms with Crippen LogP contribution in [0.4, 0.5) is 5.69 Å². The maximum atomic E-state index is 12.3. The number of para-hydroxylation sites is 1. The quantitative estimate of drug-likeness (QED) is 0.905. The molecule has 1 aromatic rings. The third kappa shape index (κ3) is 4.37. The predicted octanol–water partition coefficient (Wildman–Crippen LogP) is 2.65. The van der Waals surface area contributed by atoms with Crippen molar-refractivity contribution < 1.29 is 4.79 Å². The number of nitrogens with zero attached hydrogens (tertiary/aromatic N) is 2. The first kappa shape index (κ1) is 18.8. The van der Waals surface area contributed by atoms with Gasteiger partial charge in [-0.2, -0.15) is 0 Å². The molecule has 1 heterocycles. The molecule has 1 aliphatic rings. The van der Waals surface area contributed by atoms with Gasteiger partial charge in [0.1, 0.15) is 0 Å². The Labute approximate surface area is 140 Å². The second-order valence-electron chi connectivity index (χ2n) is 6.29. The molecular weight excluding hydrogens is 298 g/mol. The molecule has 124 valence electrons. The highest BCUT2D eigenvalue weighted by atomic mass is 35.5. The molecular formula is C17H28ClN3O. The fourth-order valence-electron chi connectivity index (χ4n) is 2.78. The van der Waals surface area contributed by atoms with Crippen LogP contribution in [-0.4, -0.2) is 37.0 Å². The van der Waals surface area contributed by atoms with E-state index in [0.29, 0.717) is 6.54 Å². The molecule has 1 aromatic carbocycles. The Morgan fingerprint density at radius 2 is 1.86 bits per heavy atom. The second-order valence-corrected chi connectivity index (χ2v) is 6.29. The van der Waals surface area contributed by atoms with Gasteiger partial charge in [-0.3, -0.25) is 4.79 Å². The Bertz CT molecular complexity index is 487. The molecule has 0 spiro atoms. The van der Waals surface area contributed by atoms with Crippen LogP contribution < -0.4 is 10.6 Å². The van der Waals surface area contributed by atoms with Gasteiger partial charge in [-0.25, -0.2) is 0 Å².